The van der Waals surface area contributed by atoms with Crippen molar-refractivity contribution in [3.05, 3.63) is 41.6 Å². The van der Waals surface area contributed by atoms with Gasteiger partial charge in [-0.25, -0.2) is 9.59 Å². The summed E-state index contributed by atoms with van der Waals surface area (Å²) in [6.45, 7) is 7.92. The molecule has 6 nitrogen and oxygen atoms in total. The number of benzene rings is 1. The van der Waals surface area contributed by atoms with Gasteiger partial charge in [-0.2, -0.15) is 0 Å². The van der Waals surface area contributed by atoms with Gasteiger partial charge in [0.25, 0.3) is 0 Å². The number of anilines is 1. The van der Waals surface area contributed by atoms with Crippen LogP contribution < -0.4 is 4.90 Å². The summed E-state index contributed by atoms with van der Waals surface area (Å²) in [5, 5.41) is 0. The summed E-state index contributed by atoms with van der Waals surface area (Å²) >= 11 is 0. The lowest BCUT2D eigenvalue weighted by Crippen LogP contribution is -2.48. The van der Waals surface area contributed by atoms with Gasteiger partial charge in [0.05, 0.1) is 25.5 Å². The summed E-state index contributed by atoms with van der Waals surface area (Å²) in [6.07, 6.45) is 2.08. The maximum absolute atomic E-state index is 12.7. The fourth-order valence-electron chi connectivity index (χ4n) is 2.94. The Kier molecular flexibility index (Phi) is 7.66. The van der Waals surface area contributed by atoms with Crippen LogP contribution >= 0.6 is 0 Å². The highest BCUT2D eigenvalue weighted by Crippen LogP contribution is 2.28. The van der Waals surface area contributed by atoms with Crippen molar-refractivity contribution in [3.63, 3.8) is 0 Å². The van der Waals surface area contributed by atoms with Crippen molar-refractivity contribution in [1.29, 1.82) is 0 Å². The third-order valence-electron chi connectivity index (χ3n) is 4.17. The van der Waals surface area contributed by atoms with Crippen molar-refractivity contribution in [3.8, 4) is 0 Å². The van der Waals surface area contributed by atoms with E-state index < -0.39 is 11.9 Å². The van der Waals surface area contributed by atoms with Crippen LogP contribution in [0.5, 0.6) is 0 Å². The smallest absolute Gasteiger partial charge is 0.355 e. The van der Waals surface area contributed by atoms with Crippen LogP contribution in [0.25, 0.3) is 0 Å². The largest absolute Gasteiger partial charge is 0.463 e. The Bertz CT molecular complexity index is 642. The number of carbonyl (C=O) groups excluding carboxylic acids is 2. The predicted octanol–water partition coefficient (Wildman–Crippen LogP) is 2.95. The Balaban J connectivity index is 2.49. The van der Waals surface area contributed by atoms with Gasteiger partial charge in [0.1, 0.15) is 5.70 Å². The summed E-state index contributed by atoms with van der Waals surface area (Å²) in [6, 6.07) is 9.58. The lowest BCUT2D eigenvalue weighted by molar-refractivity contribution is -0.142. The minimum atomic E-state index is -0.491. The van der Waals surface area contributed by atoms with Crippen LogP contribution in [0.4, 0.5) is 5.69 Å². The highest BCUT2D eigenvalue weighted by atomic mass is 16.5. The third-order valence-corrected chi connectivity index (χ3v) is 4.17. The molecule has 0 amide bonds. The van der Waals surface area contributed by atoms with E-state index >= 15 is 0 Å². The maximum Gasteiger partial charge on any atom is 0.355 e. The molecule has 0 atom stereocenters. The Labute approximate surface area is 155 Å². The van der Waals surface area contributed by atoms with Crippen LogP contribution in [0.2, 0.25) is 0 Å². The predicted molar refractivity (Wildman–Crippen MR) is 101 cm³/mol. The molecule has 6 heteroatoms. The van der Waals surface area contributed by atoms with Gasteiger partial charge in [-0.15, -0.1) is 0 Å². The SMILES string of the molecule is CCCCN1CC(C(=O)OCC)=C(C(=O)OCC)N(c2ccccc2)C1. The van der Waals surface area contributed by atoms with E-state index in [0.29, 0.717) is 18.8 Å². The molecule has 2 rings (SSSR count). The van der Waals surface area contributed by atoms with E-state index in [1.807, 2.05) is 35.2 Å². The number of ether oxygens (including phenoxy) is 2. The molecule has 26 heavy (non-hydrogen) atoms. The van der Waals surface area contributed by atoms with Crippen LogP contribution in [-0.2, 0) is 19.1 Å². The van der Waals surface area contributed by atoms with Gasteiger partial charge in [-0.05, 0) is 32.4 Å². The quantitative estimate of drug-likeness (QED) is 0.665. The lowest BCUT2D eigenvalue weighted by Gasteiger charge is -2.38. The normalized spacial score (nSPS) is 15.1. The van der Waals surface area contributed by atoms with E-state index in [4.69, 9.17) is 9.47 Å². The molecule has 0 saturated carbocycles. The Morgan fingerprint density at radius 2 is 1.65 bits per heavy atom. The summed E-state index contributed by atoms with van der Waals surface area (Å²) < 4.78 is 10.5. The number of para-hydroxylation sites is 1. The zero-order valence-corrected chi connectivity index (χ0v) is 15.9. The Morgan fingerprint density at radius 1 is 1.00 bits per heavy atom. The van der Waals surface area contributed by atoms with Crippen molar-refractivity contribution < 1.29 is 19.1 Å². The molecule has 1 aliphatic rings. The monoisotopic (exact) mass is 360 g/mol. The van der Waals surface area contributed by atoms with E-state index in [-0.39, 0.29) is 18.9 Å². The van der Waals surface area contributed by atoms with E-state index in [1.54, 1.807) is 13.8 Å². The lowest BCUT2D eigenvalue weighted by atomic mass is 10.1. The fraction of sp³-hybridized carbons (Fsp3) is 0.500. The molecule has 1 aromatic carbocycles. The molecule has 1 heterocycles. The standard InChI is InChI=1S/C20H28N2O4/c1-4-7-13-21-14-17(19(23)25-5-2)18(20(24)26-6-3)22(15-21)16-11-9-8-10-12-16/h8-12H,4-7,13-15H2,1-3H3. The average Bonchev–Trinajstić information content (AvgIpc) is 2.66. The molecule has 142 valence electrons. The van der Waals surface area contributed by atoms with Gasteiger partial charge < -0.3 is 14.4 Å². The van der Waals surface area contributed by atoms with Crippen LogP contribution in [-0.4, -0.2) is 49.8 Å². The van der Waals surface area contributed by atoms with Crippen LogP contribution in [0.3, 0.4) is 0 Å². The molecule has 1 aromatic rings. The highest BCUT2D eigenvalue weighted by Gasteiger charge is 2.35. The topological polar surface area (TPSA) is 59.1 Å². The molecule has 0 radical (unpaired) electrons. The van der Waals surface area contributed by atoms with Gasteiger partial charge in [0.2, 0.25) is 0 Å². The number of hydrogen-bond donors (Lipinski definition) is 0. The Morgan fingerprint density at radius 3 is 2.27 bits per heavy atom. The van der Waals surface area contributed by atoms with Gasteiger partial charge in [-0.3, -0.25) is 4.90 Å². The molecule has 0 N–H and O–H groups in total. The number of hydrogen-bond acceptors (Lipinski definition) is 6. The average molecular weight is 360 g/mol. The fourth-order valence-corrected chi connectivity index (χ4v) is 2.94. The summed E-state index contributed by atoms with van der Waals surface area (Å²) in [4.78, 5) is 29.3. The molecule has 0 unspecified atom stereocenters. The first-order valence-electron chi connectivity index (χ1n) is 9.24. The molecule has 0 bridgehead atoms. The zero-order valence-electron chi connectivity index (χ0n) is 15.9. The van der Waals surface area contributed by atoms with Gasteiger partial charge in [-0.1, -0.05) is 31.5 Å². The number of esters is 2. The minimum Gasteiger partial charge on any atom is -0.463 e. The first-order valence-corrected chi connectivity index (χ1v) is 9.24. The van der Waals surface area contributed by atoms with Gasteiger partial charge in [0.15, 0.2) is 0 Å². The van der Waals surface area contributed by atoms with Crippen molar-refractivity contribution in [1.82, 2.24) is 4.90 Å². The molecule has 0 aromatic heterocycles. The van der Waals surface area contributed by atoms with E-state index in [9.17, 15) is 9.59 Å². The second-order valence-electron chi connectivity index (χ2n) is 6.08. The molecule has 0 saturated heterocycles. The molecular weight excluding hydrogens is 332 g/mol. The van der Waals surface area contributed by atoms with E-state index in [1.165, 1.54) is 0 Å². The summed E-state index contributed by atoms with van der Waals surface area (Å²) in [7, 11) is 0. The molecule has 1 aliphatic heterocycles. The number of carbonyl (C=O) groups is 2. The second-order valence-corrected chi connectivity index (χ2v) is 6.08. The Hall–Kier alpha value is -2.34. The van der Waals surface area contributed by atoms with Crippen LogP contribution in [0, 0.1) is 0 Å². The molecular formula is C20H28N2O4. The third kappa shape index (κ3) is 4.85. The highest BCUT2D eigenvalue weighted by molar-refractivity contribution is 6.03. The van der Waals surface area contributed by atoms with Gasteiger partial charge >= 0.3 is 11.9 Å². The van der Waals surface area contributed by atoms with Gasteiger partial charge in [0, 0.05) is 18.8 Å². The summed E-state index contributed by atoms with van der Waals surface area (Å²) in [5.74, 6) is -0.952. The first-order chi connectivity index (χ1) is 12.6. The van der Waals surface area contributed by atoms with Crippen molar-refractivity contribution >= 4 is 17.6 Å². The zero-order chi connectivity index (χ0) is 18.9. The first kappa shape index (κ1) is 20.0. The molecule has 0 spiro atoms. The maximum atomic E-state index is 12.7. The van der Waals surface area contributed by atoms with Crippen molar-refractivity contribution in [2.75, 3.05) is 37.9 Å². The van der Waals surface area contributed by atoms with E-state index in [0.717, 1.165) is 25.1 Å². The van der Waals surface area contributed by atoms with Crippen molar-refractivity contribution in [2.45, 2.75) is 33.6 Å². The minimum absolute atomic E-state index is 0.251. The van der Waals surface area contributed by atoms with Crippen LogP contribution in [0.15, 0.2) is 41.6 Å². The van der Waals surface area contributed by atoms with Crippen molar-refractivity contribution in [2.24, 2.45) is 0 Å². The number of rotatable bonds is 8. The van der Waals surface area contributed by atoms with E-state index in [2.05, 4.69) is 11.8 Å². The number of unbranched alkanes of at least 4 members (excludes halogenated alkanes) is 1. The summed E-state index contributed by atoms with van der Waals surface area (Å²) in [5.41, 5.74) is 1.49. The number of nitrogens with zero attached hydrogens (tertiary/aromatic N) is 2. The molecule has 0 aliphatic carbocycles. The molecule has 0 fully saturated rings. The second kappa shape index (κ2) is 9.97. The van der Waals surface area contributed by atoms with Crippen LogP contribution in [0.1, 0.15) is 33.6 Å².